The molecule has 0 bridgehead atoms. The molecule has 0 aromatic carbocycles. The molecule has 2 nitrogen and oxygen atoms in total. The van der Waals surface area contributed by atoms with Gasteiger partial charge in [0.05, 0.1) is 0 Å². The van der Waals surface area contributed by atoms with Gasteiger partial charge < -0.3 is 10.2 Å². The van der Waals surface area contributed by atoms with Crippen LogP contribution in [0.15, 0.2) is 0 Å². The van der Waals surface area contributed by atoms with Crippen LogP contribution in [0.1, 0.15) is 137 Å². The molecule has 0 aliphatic heterocycles. The van der Waals surface area contributed by atoms with Crippen molar-refractivity contribution in [2.45, 2.75) is 143 Å². The molecule has 188 valence electrons. The van der Waals surface area contributed by atoms with Crippen LogP contribution in [0.5, 0.6) is 0 Å². The van der Waals surface area contributed by atoms with E-state index in [-0.39, 0.29) is 0 Å². The van der Waals surface area contributed by atoms with Gasteiger partial charge in [0, 0.05) is 0 Å². The number of unbranched alkanes of at least 4 members (excludes halogenated alkanes) is 12. The second kappa shape index (κ2) is 28.4. The molecule has 0 amide bonds. The van der Waals surface area contributed by atoms with Crippen molar-refractivity contribution in [3.63, 3.8) is 0 Å². The van der Waals surface area contributed by atoms with Gasteiger partial charge in [-0.25, -0.2) is 0 Å². The standard InChI is InChI=1S/C27H57N2.CH2.Cr/c1-6-10-12-14-16-18-20-22-27(23-21-19-17-15-13-11-7-2)28-24-26(8-3)25-29(5)9-4;;/h24,26-28H,6-23,25H2,1-5H3;1H2;/q-1;;. The monoisotopic (exact) mass is 475 g/mol. The van der Waals surface area contributed by atoms with E-state index in [4.69, 9.17) is 0 Å². The average molecular weight is 476 g/mol. The minimum atomic E-state index is 0.672. The predicted molar refractivity (Wildman–Crippen MR) is 141 cm³/mol. The van der Waals surface area contributed by atoms with Gasteiger partial charge in [-0.2, -0.15) is 0 Å². The first-order valence-corrected chi connectivity index (χ1v) is 14.6. The van der Waals surface area contributed by atoms with Crippen LogP contribution < -0.4 is 5.32 Å². The summed E-state index contributed by atoms with van der Waals surface area (Å²) < 4.78 is 0. The van der Waals surface area contributed by atoms with Gasteiger partial charge in [0.25, 0.3) is 0 Å². The fourth-order valence-corrected chi connectivity index (χ4v) is 4.11. The Bertz CT molecular complexity index is 306. The molecule has 0 fully saturated rings. The summed E-state index contributed by atoms with van der Waals surface area (Å²) in [6.07, 6.45) is 23.8. The number of nitrogens with one attached hydrogen (secondary N) is 1. The van der Waals surface area contributed by atoms with E-state index in [2.05, 4.69) is 72.7 Å². The zero-order valence-electron chi connectivity index (χ0n) is 22.2. The Kier molecular flexibility index (Phi) is 30.6. The molecule has 3 heteroatoms. The van der Waals surface area contributed by atoms with E-state index >= 15 is 0 Å². The number of rotatable bonds is 23. The summed E-state index contributed by atoms with van der Waals surface area (Å²) >= 11 is 2.38. The van der Waals surface area contributed by atoms with E-state index in [0.29, 0.717) is 12.0 Å². The van der Waals surface area contributed by atoms with E-state index in [0.717, 1.165) is 6.54 Å². The Balaban J connectivity index is 0. The summed E-state index contributed by atoms with van der Waals surface area (Å²) in [7, 11) is 2.24. The molecular formula is C28H59CrN2-. The van der Waals surface area contributed by atoms with Gasteiger partial charge in [0.2, 0.25) is 0 Å². The molecule has 0 saturated heterocycles. The van der Waals surface area contributed by atoms with E-state index in [1.165, 1.54) is 116 Å². The second-order valence-electron chi connectivity index (χ2n) is 9.37. The molecule has 1 atom stereocenters. The minimum absolute atomic E-state index is 0.672. The molecule has 0 heterocycles. The zero-order valence-corrected chi connectivity index (χ0v) is 23.5. The molecule has 0 aliphatic carbocycles. The fraction of sp³-hybridized carbons (Fsp3) is 0.929. The Morgan fingerprint density at radius 1 is 0.710 bits per heavy atom. The molecule has 0 aromatic heterocycles. The summed E-state index contributed by atoms with van der Waals surface area (Å²) in [5.74, 6) is 0.672. The van der Waals surface area contributed by atoms with Gasteiger partial charge in [-0.05, 0) is 39.0 Å². The molecule has 0 rings (SSSR count). The van der Waals surface area contributed by atoms with Crippen LogP contribution in [0.25, 0.3) is 0 Å². The molecule has 1 N–H and O–H groups in total. The normalized spacial score (nSPS) is 12.2. The van der Waals surface area contributed by atoms with Crippen molar-refractivity contribution in [1.82, 2.24) is 10.2 Å². The summed E-state index contributed by atoms with van der Waals surface area (Å²) in [6, 6.07) is 0.697. The first kappa shape index (κ1) is 33.5. The SMILES string of the molecule is CCCCCCCCCC(CCCCCCCCC)N[CH-]C(CC)CN(C)CC.[CH2]=[Cr]. The number of hydrogen-bond acceptors (Lipinski definition) is 2. The van der Waals surface area contributed by atoms with E-state index in [1.807, 2.05) is 0 Å². The van der Waals surface area contributed by atoms with Crippen molar-refractivity contribution in [3.05, 3.63) is 6.54 Å². The van der Waals surface area contributed by atoms with Crippen molar-refractivity contribution >= 4 is 5.39 Å². The number of nitrogens with zero attached hydrogens (tertiary/aromatic N) is 1. The first-order valence-electron chi connectivity index (χ1n) is 13.7. The molecule has 0 aromatic rings. The van der Waals surface area contributed by atoms with Crippen LogP contribution in [0.2, 0.25) is 0 Å². The van der Waals surface area contributed by atoms with Crippen molar-refractivity contribution in [1.29, 1.82) is 0 Å². The molecule has 0 aliphatic rings. The van der Waals surface area contributed by atoms with E-state index < -0.39 is 0 Å². The Morgan fingerprint density at radius 2 is 1.13 bits per heavy atom. The van der Waals surface area contributed by atoms with Gasteiger partial charge >= 0.3 is 21.2 Å². The van der Waals surface area contributed by atoms with Gasteiger partial charge in [-0.15, -0.1) is 5.92 Å². The third-order valence-electron chi connectivity index (χ3n) is 6.49. The summed E-state index contributed by atoms with van der Waals surface area (Å²) in [4.78, 5) is 2.44. The van der Waals surface area contributed by atoms with Crippen LogP contribution in [0.4, 0.5) is 0 Å². The van der Waals surface area contributed by atoms with Crippen LogP contribution in [-0.2, 0) is 15.9 Å². The zero-order chi connectivity index (χ0) is 23.6. The van der Waals surface area contributed by atoms with Crippen LogP contribution >= 0.6 is 0 Å². The Labute approximate surface area is 206 Å². The van der Waals surface area contributed by atoms with Crippen LogP contribution in [0, 0.1) is 12.5 Å². The first-order chi connectivity index (χ1) is 15.2. The molecule has 0 spiro atoms. The summed E-state index contributed by atoms with van der Waals surface area (Å²) in [5.41, 5.74) is 0. The third-order valence-corrected chi connectivity index (χ3v) is 6.49. The van der Waals surface area contributed by atoms with Crippen molar-refractivity contribution < 1.29 is 15.9 Å². The van der Waals surface area contributed by atoms with Crippen molar-refractivity contribution in [2.75, 3.05) is 20.1 Å². The second-order valence-corrected chi connectivity index (χ2v) is 9.37. The Hall–Kier alpha value is 0.322. The molecule has 1 unspecified atom stereocenters. The average Bonchev–Trinajstić information content (AvgIpc) is 2.80. The maximum atomic E-state index is 3.87. The van der Waals surface area contributed by atoms with Crippen LogP contribution in [0.3, 0.4) is 0 Å². The van der Waals surface area contributed by atoms with Gasteiger partial charge in [0.1, 0.15) is 0 Å². The van der Waals surface area contributed by atoms with Crippen molar-refractivity contribution in [3.8, 4) is 0 Å². The van der Waals surface area contributed by atoms with Crippen molar-refractivity contribution in [2.24, 2.45) is 5.92 Å². The fourth-order valence-electron chi connectivity index (χ4n) is 4.11. The molecular weight excluding hydrogens is 416 g/mol. The quantitative estimate of drug-likeness (QED) is 0.118. The Morgan fingerprint density at radius 3 is 1.52 bits per heavy atom. The predicted octanol–water partition coefficient (Wildman–Crippen LogP) is 8.33. The molecule has 31 heavy (non-hydrogen) atoms. The van der Waals surface area contributed by atoms with E-state index in [1.54, 1.807) is 0 Å². The van der Waals surface area contributed by atoms with Gasteiger partial charge in [-0.1, -0.05) is 124 Å². The van der Waals surface area contributed by atoms with E-state index in [9.17, 15) is 0 Å². The summed E-state index contributed by atoms with van der Waals surface area (Å²) in [6.45, 7) is 14.0. The van der Waals surface area contributed by atoms with Crippen LogP contribution in [-0.4, -0.2) is 36.5 Å². The number of hydrogen-bond donors (Lipinski definition) is 1. The third kappa shape index (κ3) is 24.8. The maximum absolute atomic E-state index is 3.87. The molecule has 0 radical (unpaired) electrons. The molecule has 0 saturated carbocycles. The van der Waals surface area contributed by atoms with Gasteiger partial charge in [-0.3, -0.25) is 6.54 Å². The van der Waals surface area contributed by atoms with Gasteiger partial charge in [0.15, 0.2) is 0 Å². The topological polar surface area (TPSA) is 15.3 Å². The summed E-state index contributed by atoms with van der Waals surface area (Å²) in [5, 5.41) is 7.00.